The number of halogens is 3. The summed E-state index contributed by atoms with van der Waals surface area (Å²) < 4.78 is 39.5. The molecule has 2 aromatic carbocycles. The monoisotopic (exact) mass is 523 g/mol. The third-order valence-electron chi connectivity index (χ3n) is 5.04. The number of amides is 2. The summed E-state index contributed by atoms with van der Waals surface area (Å²) in [5.74, 6) is -0.819. The highest BCUT2D eigenvalue weighted by atomic mass is 32.2. The molecule has 1 fully saturated rings. The Morgan fingerprint density at radius 2 is 1.89 bits per heavy atom. The Labute approximate surface area is 208 Å². The van der Waals surface area contributed by atoms with Crippen LogP contribution in [0.15, 0.2) is 53.4 Å². The van der Waals surface area contributed by atoms with Crippen molar-refractivity contribution in [3.63, 3.8) is 0 Å². The third-order valence-corrected chi connectivity index (χ3v) is 6.42. The number of para-hydroxylation sites is 1. The molecule has 3 rings (SSSR count). The first-order chi connectivity index (χ1) is 16.6. The molecule has 1 saturated heterocycles. The Morgan fingerprint density at radius 1 is 1.14 bits per heavy atom. The molecule has 0 atom stereocenters. The van der Waals surface area contributed by atoms with Crippen LogP contribution in [-0.4, -0.2) is 32.5 Å². The van der Waals surface area contributed by atoms with E-state index < -0.39 is 22.6 Å². The predicted octanol–water partition coefficient (Wildman–Crippen LogP) is 6.01. The van der Waals surface area contributed by atoms with E-state index >= 15 is 0 Å². The molecule has 7 nitrogen and oxygen atoms in total. The number of unbranched alkanes of at least 4 members (excludes halogenated alkanes) is 2. The Balaban J connectivity index is 1.47. The number of alkyl halides is 3. The number of hydrogen-bond donors (Lipinski definition) is 1. The van der Waals surface area contributed by atoms with Crippen molar-refractivity contribution in [2.45, 2.75) is 31.9 Å². The Morgan fingerprint density at radius 3 is 2.60 bits per heavy atom. The van der Waals surface area contributed by atoms with Gasteiger partial charge < -0.3 is 5.32 Å². The summed E-state index contributed by atoms with van der Waals surface area (Å²) in [4.78, 5) is 37.0. The minimum Gasteiger partial charge on any atom is -0.326 e. The first-order valence-corrected chi connectivity index (χ1v) is 11.7. The average Bonchev–Trinajstić information content (AvgIpc) is 3.05. The SMILES string of the molecule is O=C(CCCCCN1C(=O)/C(=C/c2cccc([N+](=O)[O-])c2)SC1=S)Nc1ccccc1C(F)(F)F. The number of carbonyl (C=O) groups excluding carboxylic acids is 2. The molecule has 0 saturated carbocycles. The number of thioether (sulfide) groups is 1. The number of nitro groups is 1. The molecule has 2 aromatic rings. The number of hydrogen-bond acceptors (Lipinski definition) is 6. The average molecular weight is 524 g/mol. The van der Waals surface area contributed by atoms with Gasteiger partial charge in [0.05, 0.1) is 21.1 Å². The molecular formula is C23H20F3N3O4S2. The molecular weight excluding hydrogens is 503 g/mol. The van der Waals surface area contributed by atoms with Crippen molar-refractivity contribution in [2.75, 3.05) is 11.9 Å². The summed E-state index contributed by atoms with van der Waals surface area (Å²) in [6.45, 7) is 0.329. The molecule has 0 unspecified atom stereocenters. The fourth-order valence-electron chi connectivity index (χ4n) is 3.36. The number of carbonyl (C=O) groups is 2. The van der Waals surface area contributed by atoms with Gasteiger partial charge in [0, 0.05) is 25.1 Å². The maximum Gasteiger partial charge on any atom is 0.418 e. The summed E-state index contributed by atoms with van der Waals surface area (Å²) >= 11 is 6.38. The van der Waals surface area contributed by atoms with Crippen LogP contribution in [0.25, 0.3) is 6.08 Å². The zero-order valence-corrected chi connectivity index (χ0v) is 19.8. The molecule has 12 heteroatoms. The summed E-state index contributed by atoms with van der Waals surface area (Å²) in [7, 11) is 0. The molecule has 1 aliphatic rings. The van der Waals surface area contributed by atoms with E-state index in [2.05, 4.69) is 5.32 Å². The van der Waals surface area contributed by atoms with Gasteiger partial charge in [-0.15, -0.1) is 0 Å². The minimum atomic E-state index is -4.56. The minimum absolute atomic E-state index is 0.0390. The van der Waals surface area contributed by atoms with Crippen LogP contribution in [0.1, 0.15) is 36.8 Å². The number of nitrogens with zero attached hydrogens (tertiary/aromatic N) is 2. The number of anilines is 1. The third kappa shape index (κ3) is 7.12. The lowest BCUT2D eigenvalue weighted by atomic mass is 10.1. The van der Waals surface area contributed by atoms with Gasteiger partial charge in [-0.3, -0.25) is 24.6 Å². The number of non-ortho nitro benzene ring substituents is 1. The standard InChI is InChI=1S/C23H20F3N3O4S2/c24-23(25,26)17-9-3-4-10-18(17)27-20(30)11-2-1-5-12-28-21(31)19(35-22(28)34)14-15-7-6-8-16(13-15)29(32)33/h3-4,6-10,13-14H,1-2,5,11-12H2,(H,27,30)/b19-14-. The highest BCUT2D eigenvalue weighted by Gasteiger charge is 2.34. The number of nitro benzene ring substituents is 1. The second-order valence-corrected chi connectivity index (χ2v) is 9.26. The van der Waals surface area contributed by atoms with Crippen molar-refractivity contribution in [2.24, 2.45) is 0 Å². The molecule has 184 valence electrons. The summed E-state index contributed by atoms with van der Waals surface area (Å²) in [6, 6.07) is 10.7. The van der Waals surface area contributed by atoms with Gasteiger partial charge in [0.2, 0.25) is 5.91 Å². The lowest BCUT2D eigenvalue weighted by Gasteiger charge is -2.14. The highest BCUT2D eigenvalue weighted by molar-refractivity contribution is 8.26. The van der Waals surface area contributed by atoms with Crippen LogP contribution in [0.5, 0.6) is 0 Å². The summed E-state index contributed by atoms with van der Waals surface area (Å²) in [5.41, 5.74) is -0.753. The Hall–Kier alpha value is -3.25. The molecule has 0 spiro atoms. The molecule has 0 radical (unpaired) electrons. The van der Waals surface area contributed by atoms with Crippen LogP contribution in [0.2, 0.25) is 0 Å². The van der Waals surface area contributed by atoms with Crippen LogP contribution < -0.4 is 5.32 Å². The fraction of sp³-hybridized carbons (Fsp3) is 0.261. The number of thiocarbonyl (C=S) groups is 1. The van der Waals surface area contributed by atoms with E-state index in [0.29, 0.717) is 40.6 Å². The second kappa shape index (κ2) is 11.5. The van der Waals surface area contributed by atoms with Gasteiger partial charge >= 0.3 is 6.18 Å². The van der Waals surface area contributed by atoms with Crippen molar-refractivity contribution < 1.29 is 27.7 Å². The zero-order valence-electron chi connectivity index (χ0n) is 18.2. The van der Waals surface area contributed by atoms with E-state index in [1.54, 1.807) is 12.1 Å². The highest BCUT2D eigenvalue weighted by Crippen LogP contribution is 2.35. The zero-order chi connectivity index (χ0) is 25.6. The molecule has 35 heavy (non-hydrogen) atoms. The Kier molecular flexibility index (Phi) is 8.62. The molecule has 1 heterocycles. The van der Waals surface area contributed by atoms with Crippen LogP contribution >= 0.6 is 24.0 Å². The first-order valence-electron chi connectivity index (χ1n) is 10.5. The van der Waals surface area contributed by atoms with Crippen molar-refractivity contribution in [3.8, 4) is 0 Å². The van der Waals surface area contributed by atoms with E-state index in [9.17, 15) is 32.9 Å². The summed E-state index contributed by atoms with van der Waals surface area (Å²) in [6.07, 6.45) is -1.44. The lowest BCUT2D eigenvalue weighted by molar-refractivity contribution is -0.384. The second-order valence-electron chi connectivity index (χ2n) is 7.59. The largest absolute Gasteiger partial charge is 0.418 e. The van der Waals surface area contributed by atoms with Gasteiger partial charge in [-0.05, 0) is 36.6 Å². The van der Waals surface area contributed by atoms with Crippen LogP contribution in [-0.2, 0) is 15.8 Å². The van der Waals surface area contributed by atoms with Crippen LogP contribution in [0, 0.1) is 10.1 Å². The van der Waals surface area contributed by atoms with Crippen molar-refractivity contribution >= 4 is 57.6 Å². The molecule has 0 aromatic heterocycles. The summed E-state index contributed by atoms with van der Waals surface area (Å²) in [5, 5.41) is 13.2. The topological polar surface area (TPSA) is 92.5 Å². The number of rotatable bonds is 9. The van der Waals surface area contributed by atoms with Crippen LogP contribution in [0.3, 0.4) is 0 Å². The van der Waals surface area contributed by atoms with E-state index in [1.165, 1.54) is 41.3 Å². The van der Waals surface area contributed by atoms with Crippen molar-refractivity contribution in [1.29, 1.82) is 0 Å². The quantitative estimate of drug-likeness (QED) is 0.142. The maximum atomic E-state index is 13.0. The van der Waals surface area contributed by atoms with Gasteiger partial charge in [-0.25, -0.2) is 0 Å². The van der Waals surface area contributed by atoms with Gasteiger partial charge in [0.15, 0.2) is 0 Å². The molecule has 0 aliphatic carbocycles. The first kappa shape index (κ1) is 26.4. The maximum absolute atomic E-state index is 13.0. The van der Waals surface area contributed by atoms with E-state index in [-0.39, 0.29) is 23.7 Å². The van der Waals surface area contributed by atoms with Gasteiger partial charge in [-0.2, -0.15) is 13.2 Å². The van der Waals surface area contributed by atoms with E-state index in [0.717, 1.165) is 17.8 Å². The number of benzene rings is 2. The molecule has 2 amide bonds. The smallest absolute Gasteiger partial charge is 0.326 e. The fourth-order valence-corrected chi connectivity index (χ4v) is 4.67. The predicted molar refractivity (Wildman–Crippen MR) is 132 cm³/mol. The molecule has 1 aliphatic heterocycles. The van der Waals surface area contributed by atoms with Crippen molar-refractivity contribution in [1.82, 2.24) is 4.90 Å². The molecule has 1 N–H and O–H groups in total. The van der Waals surface area contributed by atoms with E-state index in [4.69, 9.17) is 12.2 Å². The number of nitrogens with one attached hydrogen (secondary N) is 1. The van der Waals surface area contributed by atoms with Crippen LogP contribution in [0.4, 0.5) is 24.5 Å². The van der Waals surface area contributed by atoms with Gasteiger partial charge in [0.1, 0.15) is 4.32 Å². The van der Waals surface area contributed by atoms with Gasteiger partial charge in [0.25, 0.3) is 11.6 Å². The lowest BCUT2D eigenvalue weighted by Crippen LogP contribution is -2.29. The van der Waals surface area contributed by atoms with Gasteiger partial charge in [-0.1, -0.05) is 54.7 Å². The normalized spacial score (nSPS) is 15.1. The van der Waals surface area contributed by atoms with E-state index in [1.807, 2.05) is 0 Å². The molecule has 0 bridgehead atoms. The Bertz CT molecular complexity index is 1180. The van der Waals surface area contributed by atoms with Crippen molar-refractivity contribution in [3.05, 3.63) is 74.7 Å².